The van der Waals surface area contributed by atoms with E-state index in [1.807, 2.05) is 34.6 Å². The fourth-order valence-electron chi connectivity index (χ4n) is 4.22. The maximum atomic E-state index is 5.67. The summed E-state index contributed by atoms with van der Waals surface area (Å²) in [6, 6.07) is 4.06. The Morgan fingerprint density at radius 2 is 2.17 bits per heavy atom. The molecule has 0 aliphatic heterocycles. The Morgan fingerprint density at radius 1 is 1.31 bits per heavy atom. The molecule has 29 heavy (non-hydrogen) atoms. The topological polar surface area (TPSA) is 101 Å². The van der Waals surface area contributed by atoms with Crippen molar-refractivity contribution in [2.45, 2.75) is 39.7 Å². The van der Waals surface area contributed by atoms with Crippen LogP contribution in [0, 0.1) is 5.41 Å². The van der Waals surface area contributed by atoms with Gasteiger partial charge in [0.15, 0.2) is 5.69 Å². The van der Waals surface area contributed by atoms with Crippen LogP contribution in [0.2, 0.25) is 0 Å². The van der Waals surface area contributed by atoms with Gasteiger partial charge >= 0.3 is 0 Å². The van der Waals surface area contributed by atoms with Crippen LogP contribution in [-0.4, -0.2) is 36.0 Å². The highest BCUT2D eigenvalue weighted by atomic mass is 16.5. The number of rotatable bonds is 4. The second-order valence-corrected chi connectivity index (χ2v) is 8.60. The van der Waals surface area contributed by atoms with Gasteiger partial charge in [0, 0.05) is 54.7 Å². The zero-order valence-electron chi connectivity index (χ0n) is 17.0. The Kier molecular flexibility index (Phi) is 4.06. The average molecular weight is 391 g/mol. The summed E-state index contributed by atoms with van der Waals surface area (Å²) in [6.45, 7) is 5.92. The number of hydrogen-bond acceptors (Lipinski definition) is 6. The first-order valence-corrected chi connectivity index (χ1v) is 9.99. The molecule has 0 spiro atoms. The lowest BCUT2D eigenvalue weighted by Crippen LogP contribution is -2.23. The maximum absolute atomic E-state index is 5.67. The highest BCUT2D eigenvalue weighted by Crippen LogP contribution is 2.38. The first-order chi connectivity index (χ1) is 13.9. The van der Waals surface area contributed by atoms with Gasteiger partial charge in [0.25, 0.3) is 5.89 Å². The molecule has 0 radical (unpaired) electrons. The quantitative estimate of drug-likeness (QED) is 0.574. The summed E-state index contributed by atoms with van der Waals surface area (Å²) < 4.78 is 9.61. The van der Waals surface area contributed by atoms with Gasteiger partial charge in [0.1, 0.15) is 5.65 Å². The smallest absolute Gasteiger partial charge is 0.279 e. The van der Waals surface area contributed by atoms with Crippen molar-refractivity contribution in [1.82, 2.24) is 29.5 Å². The number of nitrogens with zero attached hydrogens (tertiary/aromatic N) is 6. The molecule has 5 rings (SSSR count). The molecule has 0 atom stereocenters. The molecular weight excluding hydrogens is 366 g/mol. The number of hydrogen-bond donors (Lipinski definition) is 1. The van der Waals surface area contributed by atoms with Crippen molar-refractivity contribution in [2.75, 3.05) is 6.54 Å². The molecule has 0 saturated carbocycles. The molecule has 4 heterocycles. The lowest BCUT2D eigenvalue weighted by Gasteiger charge is -2.29. The fraction of sp³-hybridized carbons (Fsp3) is 0.429. The monoisotopic (exact) mass is 391 g/mol. The summed E-state index contributed by atoms with van der Waals surface area (Å²) in [7, 11) is 1.99. The summed E-state index contributed by atoms with van der Waals surface area (Å²) in [5, 5.41) is 9.92. The minimum atomic E-state index is 0.291. The number of nitrogens with two attached hydrogens (primary N) is 1. The van der Waals surface area contributed by atoms with E-state index in [-0.39, 0.29) is 0 Å². The normalized spacial score (nSPS) is 15.7. The Hall–Kier alpha value is -3.00. The molecule has 1 aliphatic carbocycles. The van der Waals surface area contributed by atoms with Crippen LogP contribution in [0.3, 0.4) is 0 Å². The molecule has 0 saturated heterocycles. The van der Waals surface area contributed by atoms with E-state index in [0.717, 1.165) is 48.1 Å². The first-order valence-electron chi connectivity index (χ1n) is 9.99. The summed E-state index contributed by atoms with van der Waals surface area (Å²) in [5.41, 5.74) is 11.0. The molecule has 0 amide bonds. The Bertz CT molecular complexity index is 1200. The van der Waals surface area contributed by atoms with E-state index in [1.54, 1.807) is 6.20 Å². The van der Waals surface area contributed by atoms with Crippen LogP contribution in [-0.2, 0) is 26.4 Å². The second-order valence-electron chi connectivity index (χ2n) is 8.60. The summed E-state index contributed by atoms with van der Waals surface area (Å²) >= 11 is 0. The zero-order valence-corrected chi connectivity index (χ0v) is 17.0. The highest BCUT2D eigenvalue weighted by Gasteiger charge is 2.32. The van der Waals surface area contributed by atoms with E-state index in [9.17, 15) is 0 Å². The molecule has 2 N–H and O–H groups in total. The van der Waals surface area contributed by atoms with Crippen molar-refractivity contribution in [3.05, 3.63) is 35.8 Å². The summed E-state index contributed by atoms with van der Waals surface area (Å²) in [4.78, 5) is 9.21. The van der Waals surface area contributed by atoms with Crippen molar-refractivity contribution in [3.63, 3.8) is 0 Å². The molecule has 1 aliphatic rings. The van der Waals surface area contributed by atoms with Gasteiger partial charge in [-0.25, -0.2) is 4.98 Å². The van der Waals surface area contributed by atoms with E-state index in [2.05, 4.69) is 29.0 Å². The van der Waals surface area contributed by atoms with E-state index in [0.29, 0.717) is 23.7 Å². The standard InChI is InChI=1S/C21H25N7O/c1-21(2)6-4-15-16(11-21)27(3)25-17(15)20-24-18(26-29-20)14-10-13-5-8-28(9-7-22)19(13)23-12-14/h5,8,10,12H,4,6-7,9,11,22H2,1-3H3. The Morgan fingerprint density at radius 3 is 3.00 bits per heavy atom. The van der Waals surface area contributed by atoms with Gasteiger partial charge in [-0.2, -0.15) is 10.1 Å². The van der Waals surface area contributed by atoms with Crippen molar-refractivity contribution in [3.8, 4) is 23.0 Å². The summed E-state index contributed by atoms with van der Waals surface area (Å²) in [6.07, 6.45) is 6.89. The van der Waals surface area contributed by atoms with Gasteiger partial charge in [0.2, 0.25) is 5.82 Å². The molecule has 0 aromatic carbocycles. The van der Waals surface area contributed by atoms with Crippen LogP contribution >= 0.6 is 0 Å². The SMILES string of the molecule is Cn1nc(-c2nc(-c3cnc4c(ccn4CCN)c3)no2)c2c1CC(C)(C)CC2. The van der Waals surface area contributed by atoms with Crippen LogP contribution in [0.15, 0.2) is 29.0 Å². The van der Waals surface area contributed by atoms with Crippen LogP contribution in [0.5, 0.6) is 0 Å². The Labute approximate surface area is 168 Å². The van der Waals surface area contributed by atoms with Crippen molar-refractivity contribution < 1.29 is 4.52 Å². The van der Waals surface area contributed by atoms with Gasteiger partial charge in [-0.1, -0.05) is 19.0 Å². The van der Waals surface area contributed by atoms with Gasteiger partial charge in [0.05, 0.1) is 0 Å². The minimum Gasteiger partial charge on any atom is -0.332 e. The van der Waals surface area contributed by atoms with Gasteiger partial charge < -0.3 is 14.8 Å². The van der Waals surface area contributed by atoms with Gasteiger partial charge in [-0.3, -0.25) is 4.68 Å². The number of aromatic nitrogens is 6. The molecule has 8 nitrogen and oxygen atoms in total. The number of fused-ring (bicyclic) bond motifs is 2. The van der Waals surface area contributed by atoms with E-state index < -0.39 is 0 Å². The number of pyridine rings is 1. The van der Waals surface area contributed by atoms with Crippen LogP contribution in [0.25, 0.3) is 34.0 Å². The number of aryl methyl sites for hydroxylation is 1. The molecule has 0 fully saturated rings. The van der Waals surface area contributed by atoms with E-state index in [1.165, 1.54) is 11.3 Å². The first kappa shape index (κ1) is 18.1. The molecule has 8 heteroatoms. The molecule has 0 bridgehead atoms. The third-order valence-corrected chi connectivity index (χ3v) is 5.83. The molecule has 150 valence electrons. The van der Waals surface area contributed by atoms with Crippen molar-refractivity contribution in [1.29, 1.82) is 0 Å². The molecular formula is C21H25N7O. The second kappa shape index (κ2) is 6.52. The Balaban J connectivity index is 1.50. The van der Waals surface area contributed by atoms with Gasteiger partial charge in [-0.15, -0.1) is 0 Å². The van der Waals surface area contributed by atoms with Gasteiger partial charge in [-0.05, 0) is 36.8 Å². The van der Waals surface area contributed by atoms with Crippen molar-refractivity contribution in [2.24, 2.45) is 18.2 Å². The van der Waals surface area contributed by atoms with Crippen LogP contribution in [0.4, 0.5) is 0 Å². The molecule has 4 aromatic heterocycles. The van der Waals surface area contributed by atoms with Crippen LogP contribution in [0.1, 0.15) is 31.5 Å². The average Bonchev–Trinajstić information content (AvgIpc) is 3.39. The highest BCUT2D eigenvalue weighted by molar-refractivity contribution is 5.80. The maximum Gasteiger partial charge on any atom is 0.279 e. The third kappa shape index (κ3) is 3.04. The lowest BCUT2D eigenvalue weighted by atomic mass is 9.76. The largest absolute Gasteiger partial charge is 0.332 e. The summed E-state index contributed by atoms with van der Waals surface area (Å²) in [5.74, 6) is 0.994. The molecule has 0 unspecified atom stereocenters. The fourth-order valence-corrected chi connectivity index (χ4v) is 4.22. The minimum absolute atomic E-state index is 0.291. The van der Waals surface area contributed by atoms with E-state index in [4.69, 9.17) is 15.4 Å². The molecule has 4 aromatic rings. The van der Waals surface area contributed by atoms with E-state index >= 15 is 0 Å². The predicted octanol–water partition coefficient (Wildman–Crippen LogP) is 2.96. The predicted molar refractivity (Wildman–Crippen MR) is 110 cm³/mol. The zero-order chi connectivity index (χ0) is 20.2. The van der Waals surface area contributed by atoms with Crippen LogP contribution < -0.4 is 5.73 Å². The third-order valence-electron chi connectivity index (χ3n) is 5.83. The van der Waals surface area contributed by atoms with Crippen molar-refractivity contribution >= 4 is 11.0 Å². The lowest BCUT2D eigenvalue weighted by molar-refractivity contribution is 0.306.